The second-order valence-corrected chi connectivity index (χ2v) is 5.95. The molecule has 0 saturated carbocycles. The maximum absolute atomic E-state index is 13.0. The minimum absolute atomic E-state index is 0.210. The normalized spacial score (nSPS) is 12.9. The van der Waals surface area contributed by atoms with Gasteiger partial charge in [-0.1, -0.05) is 54.1 Å². The topological polar surface area (TPSA) is 12.4 Å². The molecule has 1 heterocycles. The van der Waals surface area contributed by atoms with Gasteiger partial charge in [0.05, 0.1) is 11.4 Å². The molecule has 4 rings (SSSR count). The van der Waals surface area contributed by atoms with Crippen LogP contribution in [0, 0.1) is 12.7 Å². The molecule has 0 unspecified atom stereocenters. The third kappa shape index (κ3) is 2.68. The number of rotatable bonds is 2. The van der Waals surface area contributed by atoms with E-state index in [9.17, 15) is 4.39 Å². The largest absolute Gasteiger partial charge is 0.252 e. The SMILES string of the molecule is Cc1ccc2c(c1)CC(c1ccc(-c3ccc(F)cc3)cc1)=N2. The zero-order valence-corrected chi connectivity index (χ0v) is 12.9. The third-order valence-electron chi connectivity index (χ3n) is 4.24. The lowest BCUT2D eigenvalue weighted by Crippen LogP contribution is -2.00. The van der Waals surface area contributed by atoms with E-state index in [-0.39, 0.29) is 5.82 Å². The summed E-state index contributed by atoms with van der Waals surface area (Å²) in [7, 11) is 0. The number of benzene rings is 3. The van der Waals surface area contributed by atoms with E-state index in [0.29, 0.717) is 0 Å². The van der Waals surface area contributed by atoms with Gasteiger partial charge in [-0.3, -0.25) is 4.99 Å². The smallest absolute Gasteiger partial charge is 0.123 e. The summed E-state index contributed by atoms with van der Waals surface area (Å²) in [6, 6.07) is 21.3. The van der Waals surface area contributed by atoms with Crippen molar-refractivity contribution in [3.63, 3.8) is 0 Å². The Labute approximate surface area is 135 Å². The van der Waals surface area contributed by atoms with E-state index in [1.54, 1.807) is 12.1 Å². The van der Waals surface area contributed by atoms with Crippen molar-refractivity contribution >= 4 is 11.4 Å². The van der Waals surface area contributed by atoms with E-state index in [0.717, 1.165) is 34.5 Å². The second kappa shape index (κ2) is 5.47. The summed E-state index contributed by atoms with van der Waals surface area (Å²) < 4.78 is 13.0. The first-order valence-electron chi connectivity index (χ1n) is 7.72. The average molecular weight is 301 g/mol. The molecule has 3 aromatic rings. The first-order valence-corrected chi connectivity index (χ1v) is 7.72. The Bertz CT molecular complexity index is 890. The van der Waals surface area contributed by atoms with Gasteiger partial charge in [-0.15, -0.1) is 0 Å². The van der Waals surface area contributed by atoms with Crippen LogP contribution in [0.3, 0.4) is 0 Å². The number of hydrogen-bond donors (Lipinski definition) is 0. The quantitative estimate of drug-likeness (QED) is 0.594. The molecule has 3 aromatic carbocycles. The molecule has 0 atom stereocenters. The van der Waals surface area contributed by atoms with Crippen molar-refractivity contribution in [3.05, 3.63) is 89.2 Å². The Kier molecular flexibility index (Phi) is 3.30. The second-order valence-electron chi connectivity index (χ2n) is 5.95. The minimum atomic E-state index is -0.210. The molecular formula is C21H16FN. The molecule has 1 aliphatic heterocycles. The van der Waals surface area contributed by atoms with Gasteiger partial charge in [0.15, 0.2) is 0 Å². The van der Waals surface area contributed by atoms with E-state index >= 15 is 0 Å². The van der Waals surface area contributed by atoms with Crippen LogP contribution < -0.4 is 0 Å². The first-order chi connectivity index (χ1) is 11.2. The minimum Gasteiger partial charge on any atom is -0.252 e. The highest BCUT2D eigenvalue weighted by atomic mass is 19.1. The van der Waals surface area contributed by atoms with Gasteiger partial charge in [0, 0.05) is 6.42 Å². The number of nitrogens with zero attached hydrogens (tertiary/aromatic N) is 1. The fourth-order valence-corrected chi connectivity index (χ4v) is 2.99. The Hall–Kier alpha value is -2.74. The molecule has 112 valence electrons. The molecule has 0 saturated heterocycles. The summed E-state index contributed by atoms with van der Waals surface area (Å²) in [5.41, 5.74) is 7.99. The first kappa shape index (κ1) is 13.9. The summed E-state index contributed by atoms with van der Waals surface area (Å²) in [6.45, 7) is 2.11. The number of halogens is 1. The lowest BCUT2D eigenvalue weighted by atomic mass is 9.99. The summed E-state index contributed by atoms with van der Waals surface area (Å²) in [6.07, 6.45) is 0.882. The summed E-state index contributed by atoms with van der Waals surface area (Å²) in [5.74, 6) is -0.210. The zero-order chi connectivity index (χ0) is 15.8. The van der Waals surface area contributed by atoms with Crippen LogP contribution in [0.4, 0.5) is 10.1 Å². The number of aliphatic imine (C=N–C) groups is 1. The van der Waals surface area contributed by atoms with E-state index in [2.05, 4.69) is 49.4 Å². The van der Waals surface area contributed by atoms with E-state index in [4.69, 9.17) is 4.99 Å². The van der Waals surface area contributed by atoms with Crippen LogP contribution in [0.15, 0.2) is 71.7 Å². The zero-order valence-electron chi connectivity index (χ0n) is 12.9. The Morgan fingerprint density at radius 2 is 1.39 bits per heavy atom. The standard InChI is InChI=1S/C21H16FN/c1-14-2-11-20-18(12-14)13-21(23-20)17-5-3-15(4-6-17)16-7-9-19(22)10-8-16/h2-12H,13H2,1H3. The van der Waals surface area contributed by atoms with E-state index in [1.165, 1.54) is 23.3 Å². The molecule has 0 spiro atoms. The number of fused-ring (bicyclic) bond motifs is 1. The molecule has 0 N–H and O–H groups in total. The van der Waals surface area contributed by atoms with Gasteiger partial charge in [-0.25, -0.2) is 4.39 Å². The fraction of sp³-hybridized carbons (Fsp3) is 0.0952. The van der Waals surface area contributed by atoms with Crippen molar-refractivity contribution in [1.82, 2.24) is 0 Å². The molecular weight excluding hydrogens is 285 g/mol. The van der Waals surface area contributed by atoms with Crippen molar-refractivity contribution < 1.29 is 4.39 Å². The van der Waals surface area contributed by atoms with Crippen molar-refractivity contribution in [2.45, 2.75) is 13.3 Å². The highest BCUT2D eigenvalue weighted by Gasteiger charge is 2.15. The maximum Gasteiger partial charge on any atom is 0.123 e. The molecule has 1 aliphatic rings. The number of hydrogen-bond acceptors (Lipinski definition) is 1. The Morgan fingerprint density at radius 1 is 0.783 bits per heavy atom. The van der Waals surface area contributed by atoms with Crippen LogP contribution in [0.5, 0.6) is 0 Å². The molecule has 0 fully saturated rings. The van der Waals surface area contributed by atoms with Crippen LogP contribution in [-0.4, -0.2) is 5.71 Å². The van der Waals surface area contributed by atoms with Gasteiger partial charge in [-0.2, -0.15) is 0 Å². The molecule has 0 amide bonds. The third-order valence-corrected chi connectivity index (χ3v) is 4.24. The Balaban J connectivity index is 1.61. The molecule has 2 heteroatoms. The predicted molar refractivity (Wildman–Crippen MR) is 92.9 cm³/mol. The molecule has 0 aliphatic carbocycles. The molecule has 0 aromatic heterocycles. The highest BCUT2D eigenvalue weighted by Crippen LogP contribution is 2.30. The average Bonchev–Trinajstić information content (AvgIpc) is 2.99. The Morgan fingerprint density at radius 3 is 2.09 bits per heavy atom. The molecule has 23 heavy (non-hydrogen) atoms. The van der Waals surface area contributed by atoms with Crippen molar-refractivity contribution in [2.24, 2.45) is 4.99 Å². The summed E-state index contributed by atoms with van der Waals surface area (Å²) in [4.78, 5) is 4.74. The van der Waals surface area contributed by atoms with Crippen LogP contribution in [0.2, 0.25) is 0 Å². The molecule has 1 nitrogen and oxygen atoms in total. The van der Waals surface area contributed by atoms with Crippen molar-refractivity contribution in [3.8, 4) is 11.1 Å². The van der Waals surface area contributed by atoms with E-state index in [1.807, 2.05) is 0 Å². The van der Waals surface area contributed by atoms with Gasteiger partial charge >= 0.3 is 0 Å². The predicted octanol–water partition coefficient (Wildman–Crippen LogP) is 5.48. The van der Waals surface area contributed by atoms with Gasteiger partial charge in [0.25, 0.3) is 0 Å². The molecule has 0 bridgehead atoms. The van der Waals surface area contributed by atoms with Crippen LogP contribution in [0.1, 0.15) is 16.7 Å². The van der Waals surface area contributed by atoms with Gasteiger partial charge in [0.2, 0.25) is 0 Å². The van der Waals surface area contributed by atoms with Crippen molar-refractivity contribution in [1.29, 1.82) is 0 Å². The van der Waals surface area contributed by atoms with Gasteiger partial charge < -0.3 is 0 Å². The van der Waals surface area contributed by atoms with Crippen molar-refractivity contribution in [2.75, 3.05) is 0 Å². The summed E-state index contributed by atoms with van der Waals surface area (Å²) >= 11 is 0. The lowest BCUT2D eigenvalue weighted by molar-refractivity contribution is 0.628. The van der Waals surface area contributed by atoms with Crippen LogP contribution >= 0.6 is 0 Å². The van der Waals surface area contributed by atoms with Gasteiger partial charge in [-0.05, 0) is 47.4 Å². The highest BCUT2D eigenvalue weighted by molar-refractivity contribution is 6.06. The lowest BCUT2D eigenvalue weighted by Gasteiger charge is -2.05. The fourth-order valence-electron chi connectivity index (χ4n) is 2.99. The maximum atomic E-state index is 13.0. The number of aryl methyl sites for hydroxylation is 1. The van der Waals surface area contributed by atoms with Crippen LogP contribution in [0.25, 0.3) is 11.1 Å². The van der Waals surface area contributed by atoms with Crippen LogP contribution in [-0.2, 0) is 6.42 Å². The summed E-state index contributed by atoms with van der Waals surface area (Å²) in [5, 5.41) is 0. The van der Waals surface area contributed by atoms with Gasteiger partial charge in [0.1, 0.15) is 5.82 Å². The van der Waals surface area contributed by atoms with E-state index < -0.39 is 0 Å². The molecule has 0 radical (unpaired) electrons. The monoisotopic (exact) mass is 301 g/mol.